The zero-order chi connectivity index (χ0) is 11.9. The van der Waals surface area contributed by atoms with E-state index in [1.807, 2.05) is 0 Å². The Morgan fingerprint density at radius 3 is 1.67 bits per heavy atom. The van der Waals surface area contributed by atoms with Crippen LogP contribution >= 0.6 is 0 Å². The summed E-state index contributed by atoms with van der Waals surface area (Å²) < 4.78 is 0. The van der Waals surface area contributed by atoms with Crippen LogP contribution in [0.25, 0.3) is 0 Å². The third-order valence-corrected chi connectivity index (χ3v) is 2.62. The maximum atomic E-state index is 9.10. The van der Waals surface area contributed by atoms with Gasteiger partial charge in [-0.1, -0.05) is 12.8 Å². The first kappa shape index (κ1) is 13.9. The SMILES string of the molecule is NCC1(CO)CCCC1.O=C(O)C(=O)O. The van der Waals surface area contributed by atoms with E-state index in [0.717, 1.165) is 12.8 Å². The van der Waals surface area contributed by atoms with E-state index >= 15 is 0 Å². The first-order valence-electron chi connectivity index (χ1n) is 4.74. The van der Waals surface area contributed by atoms with Gasteiger partial charge in [0.15, 0.2) is 0 Å². The highest BCUT2D eigenvalue weighted by Gasteiger charge is 2.31. The number of aliphatic carboxylic acids is 2. The molecule has 1 fully saturated rings. The molecule has 0 heterocycles. The van der Waals surface area contributed by atoms with Gasteiger partial charge >= 0.3 is 11.9 Å². The largest absolute Gasteiger partial charge is 0.473 e. The lowest BCUT2D eigenvalue weighted by Gasteiger charge is -2.23. The average Bonchev–Trinajstić information content (AvgIpc) is 2.67. The van der Waals surface area contributed by atoms with Gasteiger partial charge in [-0.25, -0.2) is 9.59 Å². The van der Waals surface area contributed by atoms with Gasteiger partial charge < -0.3 is 21.1 Å². The first-order valence-corrected chi connectivity index (χ1v) is 4.74. The Labute approximate surface area is 87.7 Å². The summed E-state index contributed by atoms with van der Waals surface area (Å²) in [7, 11) is 0. The summed E-state index contributed by atoms with van der Waals surface area (Å²) in [6.45, 7) is 0.938. The third-order valence-electron chi connectivity index (χ3n) is 2.62. The maximum Gasteiger partial charge on any atom is 0.414 e. The molecule has 6 heteroatoms. The number of carboxylic acid groups (broad SMARTS) is 2. The highest BCUT2D eigenvalue weighted by molar-refractivity contribution is 6.27. The van der Waals surface area contributed by atoms with Crippen molar-refractivity contribution in [2.45, 2.75) is 25.7 Å². The number of hydrogen-bond donors (Lipinski definition) is 4. The van der Waals surface area contributed by atoms with Crippen molar-refractivity contribution < 1.29 is 24.9 Å². The van der Waals surface area contributed by atoms with Crippen LogP contribution in [-0.2, 0) is 9.59 Å². The molecular weight excluding hydrogens is 202 g/mol. The maximum absolute atomic E-state index is 9.10. The van der Waals surface area contributed by atoms with Crippen molar-refractivity contribution in [3.8, 4) is 0 Å². The van der Waals surface area contributed by atoms with Crippen molar-refractivity contribution in [3.05, 3.63) is 0 Å². The van der Waals surface area contributed by atoms with Crippen molar-refractivity contribution in [3.63, 3.8) is 0 Å². The fourth-order valence-corrected chi connectivity index (χ4v) is 1.55. The predicted molar refractivity (Wildman–Crippen MR) is 52.3 cm³/mol. The van der Waals surface area contributed by atoms with Gasteiger partial charge in [-0.05, 0) is 12.8 Å². The Bertz CT molecular complexity index is 205. The molecule has 0 bridgehead atoms. The molecule has 0 spiro atoms. The standard InChI is InChI=1S/C7H15NO.C2H2O4/c8-5-7(6-9)3-1-2-4-7;3-1(4)2(5)6/h9H,1-6,8H2;(H,3,4)(H,5,6). The fourth-order valence-electron chi connectivity index (χ4n) is 1.55. The number of carbonyl (C=O) groups is 2. The van der Waals surface area contributed by atoms with E-state index in [4.69, 9.17) is 30.6 Å². The lowest BCUT2D eigenvalue weighted by molar-refractivity contribution is -0.159. The number of rotatable bonds is 2. The molecule has 0 radical (unpaired) electrons. The lowest BCUT2D eigenvalue weighted by atomic mass is 9.88. The van der Waals surface area contributed by atoms with Crippen molar-refractivity contribution in [2.75, 3.05) is 13.2 Å². The van der Waals surface area contributed by atoms with Crippen LogP contribution in [0.4, 0.5) is 0 Å². The Morgan fingerprint density at radius 1 is 1.13 bits per heavy atom. The second-order valence-corrected chi connectivity index (χ2v) is 3.68. The van der Waals surface area contributed by atoms with Crippen molar-refractivity contribution in [1.82, 2.24) is 0 Å². The second-order valence-electron chi connectivity index (χ2n) is 3.68. The van der Waals surface area contributed by atoms with Gasteiger partial charge in [0.1, 0.15) is 0 Å². The zero-order valence-corrected chi connectivity index (χ0v) is 8.48. The summed E-state index contributed by atoms with van der Waals surface area (Å²) in [4.78, 5) is 18.2. The topological polar surface area (TPSA) is 121 Å². The number of aliphatic hydroxyl groups excluding tert-OH is 1. The van der Waals surface area contributed by atoms with E-state index in [1.165, 1.54) is 12.8 Å². The Hall–Kier alpha value is -1.14. The van der Waals surface area contributed by atoms with Crippen LogP contribution in [0, 0.1) is 5.41 Å². The molecule has 0 unspecified atom stereocenters. The lowest BCUT2D eigenvalue weighted by Crippen LogP contribution is -2.30. The monoisotopic (exact) mass is 219 g/mol. The number of aliphatic hydroxyl groups is 1. The molecule has 88 valence electrons. The number of nitrogens with two attached hydrogens (primary N) is 1. The molecule has 1 saturated carbocycles. The van der Waals surface area contributed by atoms with Crippen LogP contribution in [0.1, 0.15) is 25.7 Å². The Morgan fingerprint density at radius 2 is 1.53 bits per heavy atom. The summed E-state index contributed by atoms with van der Waals surface area (Å²) >= 11 is 0. The minimum Gasteiger partial charge on any atom is -0.473 e. The molecule has 0 aromatic rings. The Kier molecular flexibility index (Phi) is 5.88. The smallest absolute Gasteiger partial charge is 0.414 e. The van der Waals surface area contributed by atoms with E-state index in [9.17, 15) is 0 Å². The van der Waals surface area contributed by atoms with Crippen LogP contribution in [0.2, 0.25) is 0 Å². The van der Waals surface area contributed by atoms with Gasteiger partial charge in [-0.3, -0.25) is 0 Å². The van der Waals surface area contributed by atoms with E-state index in [-0.39, 0.29) is 12.0 Å². The molecule has 5 N–H and O–H groups in total. The molecule has 0 aromatic carbocycles. The molecule has 0 saturated heterocycles. The molecule has 15 heavy (non-hydrogen) atoms. The predicted octanol–water partition coefficient (Wildman–Crippen LogP) is -0.347. The van der Waals surface area contributed by atoms with Gasteiger partial charge in [-0.15, -0.1) is 0 Å². The second kappa shape index (κ2) is 6.36. The Balaban J connectivity index is 0.000000288. The molecule has 6 nitrogen and oxygen atoms in total. The third kappa shape index (κ3) is 4.75. The van der Waals surface area contributed by atoms with E-state index in [2.05, 4.69) is 0 Å². The summed E-state index contributed by atoms with van der Waals surface area (Å²) in [6, 6.07) is 0. The molecule has 1 aliphatic rings. The van der Waals surface area contributed by atoms with Crippen molar-refractivity contribution in [2.24, 2.45) is 11.1 Å². The van der Waals surface area contributed by atoms with E-state index < -0.39 is 11.9 Å². The van der Waals surface area contributed by atoms with Gasteiger partial charge in [0, 0.05) is 18.6 Å². The first-order chi connectivity index (χ1) is 6.97. The molecule has 1 rings (SSSR count). The fraction of sp³-hybridized carbons (Fsp3) is 0.778. The van der Waals surface area contributed by atoms with Crippen LogP contribution in [0.15, 0.2) is 0 Å². The zero-order valence-electron chi connectivity index (χ0n) is 8.48. The molecule has 0 atom stereocenters. The normalized spacial score (nSPS) is 17.7. The minimum absolute atomic E-state index is 0.111. The van der Waals surface area contributed by atoms with Crippen LogP contribution < -0.4 is 5.73 Å². The summed E-state index contributed by atoms with van der Waals surface area (Å²) in [6.07, 6.45) is 4.75. The van der Waals surface area contributed by atoms with Crippen molar-refractivity contribution >= 4 is 11.9 Å². The van der Waals surface area contributed by atoms with Crippen molar-refractivity contribution in [1.29, 1.82) is 0 Å². The van der Waals surface area contributed by atoms with Crippen LogP contribution in [-0.4, -0.2) is 40.4 Å². The van der Waals surface area contributed by atoms with Gasteiger partial charge in [0.2, 0.25) is 0 Å². The van der Waals surface area contributed by atoms with E-state index in [1.54, 1.807) is 0 Å². The van der Waals surface area contributed by atoms with Gasteiger partial charge in [-0.2, -0.15) is 0 Å². The minimum atomic E-state index is -1.82. The summed E-state index contributed by atoms with van der Waals surface area (Å²) in [5, 5.41) is 23.7. The van der Waals surface area contributed by atoms with Gasteiger partial charge in [0.25, 0.3) is 0 Å². The summed E-state index contributed by atoms with van der Waals surface area (Å²) in [5.74, 6) is -3.65. The molecular formula is C9H17NO5. The molecule has 1 aliphatic carbocycles. The van der Waals surface area contributed by atoms with Gasteiger partial charge in [0.05, 0.1) is 0 Å². The van der Waals surface area contributed by atoms with Crippen LogP contribution in [0.5, 0.6) is 0 Å². The highest BCUT2D eigenvalue weighted by atomic mass is 16.4. The average molecular weight is 219 g/mol. The highest BCUT2D eigenvalue weighted by Crippen LogP contribution is 2.36. The van der Waals surface area contributed by atoms with Crippen LogP contribution in [0.3, 0.4) is 0 Å². The molecule has 0 amide bonds. The molecule has 0 aliphatic heterocycles. The molecule has 0 aromatic heterocycles. The van der Waals surface area contributed by atoms with E-state index in [0.29, 0.717) is 6.54 Å². The summed E-state index contributed by atoms with van der Waals surface area (Å²) in [5.41, 5.74) is 5.63. The number of hydrogen-bond acceptors (Lipinski definition) is 4. The number of carboxylic acids is 2. The quantitative estimate of drug-likeness (QED) is 0.471.